The highest BCUT2D eigenvalue weighted by Gasteiger charge is 2.04. The monoisotopic (exact) mass is 294 g/mol. The topological polar surface area (TPSA) is 0 Å². The summed E-state index contributed by atoms with van der Waals surface area (Å²) in [5.41, 5.74) is 2.53. The van der Waals surface area contributed by atoms with E-state index in [1.807, 2.05) is 0 Å². The predicted octanol–water partition coefficient (Wildman–Crippen LogP) is 4.07. The second-order valence-electron chi connectivity index (χ2n) is 2.75. The lowest BCUT2D eigenvalue weighted by Crippen LogP contribution is -1.90. The normalized spacial score (nSPS) is 10.3. The molecule has 0 unspecified atom stereocenters. The van der Waals surface area contributed by atoms with Crippen LogP contribution < -0.4 is 0 Å². The van der Waals surface area contributed by atoms with E-state index in [-0.39, 0.29) is 0 Å². The Balaban J connectivity index is 3.22. The maximum Gasteiger partial charge on any atom is 0.0470 e. The molecule has 66 valence electrons. The van der Waals surface area contributed by atoms with E-state index in [1.165, 1.54) is 14.7 Å². The predicted molar refractivity (Wildman–Crippen MR) is 62.9 cm³/mol. The third kappa shape index (κ3) is 2.13. The van der Waals surface area contributed by atoms with E-state index < -0.39 is 0 Å². The Kier molecular flexibility index (Phi) is 3.84. The van der Waals surface area contributed by atoms with Crippen molar-refractivity contribution in [2.75, 3.05) is 0 Å². The lowest BCUT2D eigenvalue weighted by molar-refractivity contribution is 1.08. The molecule has 1 aromatic carbocycles. The first-order chi connectivity index (χ1) is 5.69. The first-order valence-corrected chi connectivity index (χ1v) is 5.61. The van der Waals surface area contributed by atoms with Crippen LogP contribution in [-0.2, 0) is 12.8 Å². The van der Waals surface area contributed by atoms with Gasteiger partial charge in [0.15, 0.2) is 0 Å². The second kappa shape index (κ2) is 4.47. The van der Waals surface area contributed by atoms with Crippen LogP contribution in [0.3, 0.4) is 0 Å². The van der Waals surface area contributed by atoms with Crippen molar-refractivity contribution < 1.29 is 0 Å². The molecule has 0 heterocycles. The van der Waals surface area contributed by atoms with Gasteiger partial charge in [0.2, 0.25) is 0 Å². The summed E-state index contributed by atoms with van der Waals surface area (Å²) in [6.45, 7) is 4.27. The molecule has 0 bridgehead atoms. The molecule has 0 atom stereocenters. The third-order valence-electron chi connectivity index (χ3n) is 1.95. The molecule has 0 aliphatic carbocycles. The van der Waals surface area contributed by atoms with Crippen LogP contribution in [0.1, 0.15) is 25.0 Å². The molecule has 0 amide bonds. The molecule has 0 nitrogen and oxygen atoms in total. The number of benzene rings is 1. The summed E-state index contributed by atoms with van der Waals surface area (Å²) in [6.07, 6.45) is 2.03. The highest BCUT2D eigenvalue weighted by Crippen LogP contribution is 2.25. The molecule has 1 aromatic rings. The Morgan fingerprint density at radius 3 is 1.92 bits per heavy atom. The van der Waals surface area contributed by atoms with Crippen molar-refractivity contribution in [3.63, 3.8) is 0 Å². The van der Waals surface area contributed by atoms with Gasteiger partial charge in [-0.1, -0.05) is 25.4 Å². The summed E-state index contributed by atoms with van der Waals surface area (Å²) in [7, 11) is 0. The first-order valence-electron chi connectivity index (χ1n) is 4.15. The molecular weight excluding hydrogens is 282 g/mol. The highest BCUT2D eigenvalue weighted by molar-refractivity contribution is 14.1. The number of hydrogen-bond donors (Lipinski definition) is 0. The van der Waals surface area contributed by atoms with Crippen LogP contribution in [0.2, 0.25) is 5.02 Å². The van der Waals surface area contributed by atoms with Crippen molar-refractivity contribution in [2.45, 2.75) is 26.7 Å². The number of halogens is 2. The molecule has 0 saturated carbocycles. The fourth-order valence-corrected chi connectivity index (χ4v) is 2.35. The van der Waals surface area contributed by atoms with E-state index in [2.05, 4.69) is 48.6 Å². The fourth-order valence-electron chi connectivity index (χ4n) is 1.22. The Morgan fingerprint density at radius 2 is 1.58 bits per heavy atom. The van der Waals surface area contributed by atoms with Gasteiger partial charge in [-0.3, -0.25) is 0 Å². The Hall–Kier alpha value is 0.240. The van der Waals surface area contributed by atoms with Gasteiger partial charge >= 0.3 is 0 Å². The smallest absolute Gasteiger partial charge is 0.0470 e. The van der Waals surface area contributed by atoms with Gasteiger partial charge in [0.1, 0.15) is 0 Å². The van der Waals surface area contributed by atoms with E-state index in [9.17, 15) is 0 Å². The minimum atomic E-state index is 0.959. The largest absolute Gasteiger partial charge is 0.0837 e. The van der Waals surface area contributed by atoms with Gasteiger partial charge in [0, 0.05) is 8.59 Å². The molecular formula is C10H12ClI. The number of rotatable bonds is 2. The maximum atomic E-state index is 6.18. The molecule has 0 aliphatic heterocycles. The molecule has 2 heteroatoms. The quantitative estimate of drug-likeness (QED) is 0.721. The van der Waals surface area contributed by atoms with Crippen molar-refractivity contribution in [2.24, 2.45) is 0 Å². The van der Waals surface area contributed by atoms with Crippen LogP contribution in [0.5, 0.6) is 0 Å². The summed E-state index contributed by atoms with van der Waals surface area (Å²) < 4.78 is 1.28. The van der Waals surface area contributed by atoms with Crippen LogP contribution >= 0.6 is 34.2 Å². The molecule has 1 rings (SSSR count). The van der Waals surface area contributed by atoms with Gasteiger partial charge in [-0.25, -0.2) is 0 Å². The van der Waals surface area contributed by atoms with Crippen LogP contribution in [0.25, 0.3) is 0 Å². The van der Waals surface area contributed by atoms with E-state index >= 15 is 0 Å². The van der Waals surface area contributed by atoms with Gasteiger partial charge < -0.3 is 0 Å². The lowest BCUT2D eigenvalue weighted by Gasteiger charge is -2.07. The molecule has 0 spiro atoms. The van der Waals surface area contributed by atoms with Gasteiger partial charge in [-0.2, -0.15) is 0 Å². The minimum Gasteiger partial charge on any atom is -0.0837 e. The molecule has 0 fully saturated rings. The van der Waals surface area contributed by atoms with Crippen LogP contribution in [0, 0.1) is 3.57 Å². The zero-order valence-electron chi connectivity index (χ0n) is 7.32. The van der Waals surface area contributed by atoms with Gasteiger partial charge in [0.25, 0.3) is 0 Å². The van der Waals surface area contributed by atoms with Crippen molar-refractivity contribution >= 4 is 34.2 Å². The molecule has 0 radical (unpaired) electrons. The minimum absolute atomic E-state index is 0.959. The molecule has 0 aliphatic rings. The SMILES string of the molecule is CCc1cc(I)cc(CC)c1Cl. The summed E-state index contributed by atoms with van der Waals surface area (Å²) in [6, 6.07) is 4.31. The Labute approximate surface area is 92.5 Å². The lowest BCUT2D eigenvalue weighted by atomic mass is 10.1. The summed E-state index contributed by atoms with van der Waals surface area (Å²) in [5.74, 6) is 0. The van der Waals surface area contributed by atoms with Crippen molar-refractivity contribution in [3.05, 3.63) is 31.9 Å². The van der Waals surface area contributed by atoms with Crippen molar-refractivity contribution in [1.82, 2.24) is 0 Å². The summed E-state index contributed by atoms with van der Waals surface area (Å²) >= 11 is 8.51. The Morgan fingerprint density at radius 1 is 1.17 bits per heavy atom. The number of aryl methyl sites for hydroxylation is 2. The van der Waals surface area contributed by atoms with E-state index in [1.54, 1.807) is 0 Å². The number of hydrogen-bond acceptors (Lipinski definition) is 0. The van der Waals surface area contributed by atoms with Crippen molar-refractivity contribution in [1.29, 1.82) is 0 Å². The zero-order valence-corrected chi connectivity index (χ0v) is 10.2. The Bertz CT molecular complexity index is 256. The van der Waals surface area contributed by atoms with Gasteiger partial charge in [-0.15, -0.1) is 0 Å². The van der Waals surface area contributed by atoms with E-state index in [0.717, 1.165) is 17.9 Å². The molecule has 0 aromatic heterocycles. The van der Waals surface area contributed by atoms with E-state index in [4.69, 9.17) is 11.6 Å². The van der Waals surface area contributed by atoms with Gasteiger partial charge in [0.05, 0.1) is 0 Å². The van der Waals surface area contributed by atoms with Crippen LogP contribution in [0.4, 0.5) is 0 Å². The standard InChI is InChI=1S/C10H12ClI/c1-3-7-5-9(12)6-8(4-2)10(7)11/h5-6H,3-4H2,1-2H3. The van der Waals surface area contributed by atoms with Crippen LogP contribution in [-0.4, -0.2) is 0 Å². The zero-order chi connectivity index (χ0) is 9.14. The molecule has 0 N–H and O–H groups in total. The maximum absolute atomic E-state index is 6.18. The summed E-state index contributed by atoms with van der Waals surface area (Å²) in [4.78, 5) is 0. The van der Waals surface area contributed by atoms with E-state index in [0.29, 0.717) is 0 Å². The summed E-state index contributed by atoms with van der Waals surface area (Å²) in [5, 5.41) is 0.959. The first kappa shape index (κ1) is 10.3. The van der Waals surface area contributed by atoms with Crippen molar-refractivity contribution in [3.8, 4) is 0 Å². The second-order valence-corrected chi connectivity index (χ2v) is 4.37. The fraction of sp³-hybridized carbons (Fsp3) is 0.400. The average molecular weight is 295 g/mol. The average Bonchev–Trinajstić information content (AvgIpc) is 2.08. The highest BCUT2D eigenvalue weighted by atomic mass is 127. The molecule has 0 saturated heterocycles. The van der Waals surface area contributed by atoms with Crippen LogP contribution in [0.15, 0.2) is 12.1 Å². The van der Waals surface area contributed by atoms with Gasteiger partial charge in [-0.05, 0) is 58.7 Å². The molecule has 12 heavy (non-hydrogen) atoms. The third-order valence-corrected chi connectivity index (χ3v) is 3.06.